The van der Waals surface area contributed by atoms with Crippen molar-refractivity contribution in [3.8, 4) is 0 Å². The molecule has 1 aromatic carbocycles. The van der Waals surface area contributed by atoms with Crippen LogP contribution in [-0.2, 0) is 10.2 Å². The van der Waals surface area contributed by atoms with Crippen LogP contribution in [0.5, 0.6) is 0 Å². The van der Waals surface area contributed by atoms with Gasteiger partial charge >= 0.3 is 0 Å². The summed E-state index contributed by atoms with van der Waals surface area (Å²) in [5, 5.41) is 0. The number of hydrogen-bond acceptors (Lipinski definition) is 3. The van der Waals surface area contributed by atoms with Gasteiger partial charge in [0.25, 0.3) is 0 Å². The van der Waals surface area contributed by atoms with E-state index in [0.717, 1.165) is 25.3 Å². The molecular weight excluding hydrogens is 236 g/mol. The number of nitrogens with zero attached hydrogens (tertiary/aromatic N) is 1. The van der Waals surface area contributed by atoms with Crippen LogP contribution in [0.2, 0.25) is 0 Å². The van der Waals surface area contributed by atoms with Crippen molar-refractivity contribution in [2.24, 2.45) is 0 Å². The Kier molecular flexibility index (Phi) is 3.50. The summed E-state index contributed by atoms with van der Waals surface area (Å²) in [6, 6.07) is 8.48. The lowest BCUT2D eigenvalue weighted by Gasteiger charge is -2.27. The van der Waals surface area contributed by atoms with Gasteiger partial charge in [0.15, 0.2) is 0 Å². The molecule has 1 aliphatic carbocycles. The topological polar surface area (TPSA) is 38.5 Å². The molecule has 1 saturated heterocycles. The fourth-order valence-corrected chi connectivity index (χ4v) is 3.18. The molecule has 1 saturated carbocycles. The van der Waals surface area contributed by atoms with Gasteiger partial charge in [0, 0.05) is 37.3 Å². The fourth-order valence-electron chi connectivity index (χ4n) is 3.18. The molecule has 1 aliphatic heterocycles. The normalized spacial score (nSPS) is 26.9. The first kappa shape index (κ1) is 12.9. The quantitative estimate of drug-likeness (QED) is 0.848. The second kappa shape index (κ2) is 5.14. The fraction of sp³-hybridized carbons (Fsp3) is 0.625. The first-order chi connectivity index (χ1) is 9.18. The van der Waals surface area contributed by atoms with E-state index in [0.29, 0.717) is 11.5 Å². The highest BCUT2D eigenvalue weighted by atomic mass is 16.5. The van der Waals surface area contributed by atoms with Crippen molar-refractivity contribution in [3.63, 3.8) is 0 Å². The van der Waals surface area contributed by atoms with Gasteiger partial charge < -0.3 is 10.5 Å². The second-order valence-electron chi connectivity index (χ2n) is 6.17. The van der Waals surface area contributed by atoms with Crippen LogP contribution in [0.3, 0.4) is 0 Å². The Morgan fingerprint density at radius 1 is 1.32 bits per heavy atom. The van der Waals surface area contributed by atoms with Gasteiger partial charge in [-0.15, -0.1) is 0 Å². The summed E-state index contributed by atoms with van der Waals surface area (Å²) in [6.45, 7) is 6.50. The summed E-state index contributed by atoms with van der Waals surface area (Å²) in [5.74, 6) is 0. The van der Waals surface area contributed by atoms with Crippen LogP contribution >= 0.6 is 0 Å². The molecule has 2 N–H and O–H groups in total. The minimum absolute atomic E-state index is 0.365. The van der Waals surface area contributed by atoms with E-state index in [9.17, 15) is 0 Å². The summed E-state index contributed by atoms with van der Waals surface area (Å²) in [5.41, 5.74) is 8.49. The first-order valence-corrected chi connectivity index (χ1v) is 7.38. The van der Waals surface area contributed by atoms with Crippen molar-refractivity contribution in [1.82, 2.24) is 4.90 Å². The monoisotopic (exact) mass is 260 g/mol. The van der Waals surface area contributed by atoms with Gasteiger partial charge in [-0.3, -0.25) is 4.90 Å². The van der Waals surface area contributed by atoms with Crippen molar-refractivity contribution in [2.45, 2.75) is 37.7 Å². The lowest BCUT2D eigenvalue weighted by molar-refractivity contribution is 0.0665. The minimum atomic E-state index is 0.365. The largest absolute Gasteiger partial charge is 0.399 e. The first-order valence-electron chi connectivity index (χ1n) is 7.38. The lowest BCUT2D eigenvalue weighted by Crippen LogP contribution is -2.36. The zero-order valence-electron chi connectivity index (χ0n) is 11.8. The second-order valence-corrected chi connectivity index (χ2v) is 6.17. The van der Waals surface area contributed by atoms with Crippen LogP contribution < -0.4 is 5.73 Å². The van der Waals surface area contributed by atoms with Crippen molar-refractivity contribution in [2.75, 3.05) is 32.0 Å². The summed E-state index contributed by atoms with van der Waals surface area (Å²) in [7, 11) is 0. The predicted molar refractivity (Wildman–Crippen MR) is 78.2 cm³/mol. The van der Waals surface area contributed by atoms with Crippen LogP contribution in [0.25, 0.3) is 0 Å². The molecule has 1 aromatic rings. The maximum atomic E-state index is 5.79. The Hall–Kier alpha value is -1.06. The zero-order valence-corrected chi connectivity index (χ0v) is 11.8. The van der Waals surface area contributed by atoms with Gasteiger partial charge in [-0.2, -0.15) is 0 Å². The summed E-state index contributed by atoms with van der Waals surface area (Å²) < 4.78 is 5.73. The third-order valence-corrected chi connectivity index (χ3v) is 4.44. The number of anilines is 1. The third kappa shape index (κ3) is 2.93. The molecule has 0 amide bonds. The Morgan fingerprint density at radius 3 is 2.74 bits per heavy atom. The van der Waals surface area contributed by atoms with Crippen molar-refractivity contribution < 1.29 is 4.74 Å². The van der Waals surface area contributed by atoms with Gasteiger partial charge in [-0.25, -0.2) is 0 Å². The van der Waals surface area contributed by atoms with Crippen molar-refractivity contribution in [1.29, 1.82) is 0 Å². The molecule has 1 heterocycles. The van der Waals surface area contributed by atoms with Crippen molar-refractivity contribution in [3.05, 3.63) is 29.8 Å². The van der Waals surface area contributed by atoms with Crippen LogP contribution in [0.4, 0.5) is 5.69 Å². The molecule has 2 fully saturated rings. The number of hydrogen-bond donors (Lipinski definition) is 1. The van der Waals surface area contributed by atoms with Crippen LogP contribution in [0.15, 0.2) is 24.3 Å². The van der Waals surface area contributed by atoms with E-state index in [4.69, 9.17) is 10.5 Å². The van der Waals surface area contributed by atoms with E-state index >= 15 is 0 Å². The Morgan fingerprint density at radius 2 is 2.05 bits per heavy atom. The standard InChI is InChI=1S/C16H24N2O/c1-13-11-18(9-2-10-19-13)12-16(7-8-16)14-3-5-15(17)6-4-14/h3-6,13H,2,7-12,17H2,1H3. The molecule has 0 aromatic heterocycles. The maximum absolute atomic E-state index is 5.79. The van der Waals surface area contributed by atoms with Crippen LogP contribution in [-0.4, -0.2) is 37.2 Å². The summed E-state index contributed by atoms with van der Waals surface area (Å²) in [6.07, 6.45) is 4.14. The molecule has 0 spiro atoms. The predicted octanol–water partition coefficient (Wildman–Crippen LogP) is 2.41. The molecule has 0 bridgehead atoms. The number of rotatable bonds is 3. The smallest absolute Gasteiger partial charge is 0.0673 e. The highest BCUT2D eigenvalue weighted by molar-refractivity contribution is 5.43. The van der Waals surface area contributed by atoms with Crippen LogP contribution in [0, 0.1) is 0 Å². The molecule has 104 valence electrons. The number of ether oxygens (including phenoxy) is 1. The van der Waals surface area contributed by atoms with E-state index in [-0.39, 0.29) is 0 Å². The molecule has 3 rings (SSSR count). The third-order valence-electron chi connectivity index (χ3n) is 4.44. The summed E-state index contributed by atoms with van der Waals surface area (Å²) in [4.78, 5) is 2.58. The average Bonchev–Trinajstić information content (AvgIpc) is 3.17. The van der Waals surface area contributed by atoms with Crippen LogP contribution in [0.1, 0.15) is 31.7 Å². The molecule has 0 radical (unpaired) electrons. The molecular formula is C16H24N2O. The molecule has 3 nitrogen and oxygen atoms in total. The number of benzene rings is 1. The minimum Gasteiger partial charge on any atom is -0.399 e. The SMILES string of the molecule is CC1CN(CC2(c3ccc(N)cc3)CC2)CCCO1. The van der Waals surface area contributed by atoms with Gasteiger partial charge in [0.05, 0.1) is 6.10 Å². The highest BCUT2D eigenvalue weighted by Crippen LogP contribution is 2.49. The molecule has 3 heteroatoms. The van der Waals surface area contributed by atoms with E-state index in [1.54, 1.807) is 0 Å². The Labute approximate surface area is 115 Å². The van der Waals surface area contributed by atoms with E-state index in [2.05, 4.69) is 24.0 Å². The van der Waals surface area contributed by atoms with Crippen molar-refractivity contribution >= 4 is 5.69 Å². The van der Waals surface area contributed by atoms with Gasteiger partial charge in [0.2, 0.25) is 0 Å². The van der Waals surface area contributed by atoms with E-state index in [1.807, 2.05) is 12.1 Å². The Balaban J connectivity index is 1.69. The zero-order chi connectivity index (χ0) is 13.3. The lowest BCUT2D eigenvalue weighted by atomic mass is 9.95. The molecule has 1 unspecified atom stereocenters. The molecule has 1 atom stereocenters. The van der Waals surface area contributed by atoms with E-state index < -0.39 is 0 Å². The molecule has 2 aliphatic rings. The van der Waals surface area contributed by atoms with E-state index in [1.165, 1.54) is 31.5 Å². The van der Waals surface area contributed by atoms with Gasteiger partial charge in [-0.05, 0) is 43.9 Å². The van der Waals surface area contributed by atoms with Gasteiger partial charge in [0.1, 0.15) is 0 Å². The molecule has 19 heavy (non-hydrogen) atoms. The number of nitrogens with two attached hydrogens (primary N) is 1. The number of nitrogen functional groups attached to an aromatic ring is 1. The average molecular weight is 260 g/mol. The maximum Gasteiger partial charge on any atom is 0.0673 e. The van der Waals surface area contributed by atoms with Gasteiger partial charge in [-0.1, -0.05) is 12.1 Å². The highest BCUT2D eigenvalue weighted by Gasteiger charge is 2.45. The Bertz CT molecular complexity index is 425. The summed E-state index contributed by atoms with van der Waals surface area (Å²) >= 11 is 0.